The van der Waals surface area contributed by atoms with Crippen molar-refractivity contribution < 1.29 is 4.79 Å². The van der Waals surface area contributed by atoms with Gasteiger partial charge < -0.3 is 20.1 Å². The lowest BCUT2D eigenvalue weighted by molar-refractivity contribution is 0.215. The van der Waals surface area contributed by atoms with Gasteiger partial charge in [0, 0.05) is 31.2 Å². The number of amides is 2. The molecule has 0 unspecified atom stereocenters. The molecule has 2 aliphatic rings. The predicted octanol–water partition coefficient (Wildman–Crippen LogP) is 3.24. The van der Waals surface area contributed by atoms with Crippen LogP contribution >= 0.6 is 0 Å². The van der Waals surface area contributed by atoms with Crippen molar-refractivity contribution in [1.82, 2.24) is 29.7 Å². The van der Waals surface area contributed by atoms with Gasteiger partial charge in [-0.25, -0.2) is 19.7 Å². The molecule has 2 amide bonds. The van der Waals surface area contributed by atoms with Crippen LogP contribution < -0.4 is 10.6 Å². The van der Waals surface area contributed by atoms with E-state index in [-0.39, 0.29) is 12.1 Å². The molecule has 0 spiro atoms. The molecule has 154 valence electrons. The molecule has 3 aromatic rings. The molecule has 0 bridgehead atoms. The average Bonchev–Trinajstić information content (AvgIpc) is 3.35. The highest BCUT2D eigenvalue weighted by Crippen LogP contribution is 2.40. The first-order chi connectivity index (χ1) is 14.7. The summed E-state index contributed by atoms with van der Waals surface area (Å²) in [5, 5.41) is 6.12. The molecule has 1 atom stereocenters. The van der Waals surface area contributed by atoms with Crippen LogP contribution in [0.4, 0.5) is 10.7 Å². The second kappa shape index (κ2) is 7.78. The normalized spacial score (nSPS) is 17.1. The number of anilines is 1. The van der Waals surface area contributed by atoms with Gasteiger partial charge in [-0.15, -0.1) is 0 Å². The maximum atomic E-state index is 11.7. The minimum Gasteiger partial charge on any atom is -0.346 e. The SMILES string of the molecule is C[C@H](Nc1nccc(CN2CCNC2=O)n1)c1cn(-c2ccc(C3CC3)cc2)cn1. The van der Waals surface area contributed by atoms with Crippen molar-refractivity contribution >= 4 is 12.0 Å². The van der Waals surface area contributed by atoms with E-state index >= 15 is 0 Å². The standard InChI is InChI=1S/C22H25N7O/c1-15(26-21-23-9-8-18(27-21)12-28-11-10-24-22(28)30)20-13-29(14-25-20)19-6-4-17(5-7-19)16-2-3-16/h4-9,13-16H,2-3,10-12H2,1H3,(H,24,30)(H,23,26,27)/t15-/m0/s1. The number of carbonyl (C=O) groups excluding carboxylic acids is 1. The fourth-order valence-electron chi connectivity index (χ4n) is 3.72. The molecule has 8 heteroatoms. The van der Waals surface area contributed by atoms with Gasteiger partial charge in [0.15, 0.2) is 0 Å². The van der Waals surface area contributed by atoms with Crippen LogP contribution in [0.5, 0.6) is 0 Å². The molecule has 8 nitrogen and oxygen atoms in total. The molecule has 1 saturated carbocycles. The van der Waals surface area contributed by atoms with Crippen molar-refractivity contribution in [3.05, 3.63) is 66.0 Å². The maximum Gasteiger partial charge on any atom is 0.317 e. The predicted molar refractivity (Wildman–Crippen MR) is 113 cm³/mol. The number of rotatable bonds is 7. The van der Waals surface area contributed by atoms with E-state index in [0.29, 0.717) is 25.6 Å². The van der Waals surface area contributed by atoms with Crippen molar-refractivity contribution in [2.24, 2.45) is 0 Å². The van der Waals surface area contributed by atoms with E-state index in [0.717, 1.165) is 23.0 Å². The van der Waals surface area contributed by atoms with E-state index in [4.69, 9.17) is 0 Å². The first-order valence-electron chi connectivity index (χ1n) is 10.4. The van der Waals surface area contributed by atoms with Crippen LogP contribution in [0, 0.1) is 0 Å². The van der Waals surface area contributed by atoms with Crippen molar-refractivity contribution in [3.8, 4) is 5.69 Å². The van der Waals surface area contributed by atoms with Crippen LogP contribution in [-0.2, 0) is 6.54 Å². The van der Waals surface area contributed by atoms with Gasteiger partial charge in [-0.3, -0.25) is 0 Å². The quantitative estimate of drug-likeness (QED) is 0.632. The highest BCUT2D eigenvalue weighted by Gasteiger charge is 2.23. The number of nitrogens with zero attached hydrogens (tertiary/aromatic N) is 5. The summed E-state index contributed by atoms with van der Waals surface area (Å²) in [6.07, 6.45) is 8.20. The van der Waals surface area contributed by atoms with Crippen molar-refractivity contribution in [2.45, 2.75) is 38.3 Å². The Morgan fingerprint density at radius 3 is 2.77 bits per heavy atom. The largest absolute Gasteiger partial charge is 0.346 e. The molecule has 1 aliphatic heterocycles. The molecule has 1 aliphatic carbocycles. The van der Waals surface area contributed by atoms with Crippen molar-refractivity contribution in [2.75, 3.05) is 18.4 Å². The second-order valence-electron chi connectivity index (χ2n) is 7.96. The molecule has 1 saturated heterocycles. The van der Waals surface area contributed by atoms with Crippen LogP contribution in [0.25, 0.3) is 5.69 Å². The molecule has 2 aromatic heterocycles. The summed E-state index contributed by atoms with van der Waals surface area (Å²) in [6.45, 7) is 3.88. The first kappa shape index (κ1) is 18.6. The Bertz CT molecular complexity index is 1040. The summed E-state index contributed by atoms with van der Waals surface area (Å²) in [4.78, 5) is 26.9. The number of aromatic nitrogens is 4. The lowest BCUT2D eigenvalue weighted by atomic mass is 10.1. The number of nitrogens with one attached hydrogen (secondary N) is 2. The van der Waals surface area contributed by atoms with Crippen LogP contribution in [0.15, 0.2) is 49.1 Å². The summed E-state index contributed by atoms with van der Waals surface area (Å²) in [5.74, 6) is 1.29. The summed E-state index contributed by atoms with van der Waals surface area (Å²) in [5.41, 5.74) is 4.25. The number of imidazole rings is 1. The number of carbonyl (C=O) groups is 1. The van der Waals surface area contributed by atoms with E-state index < -0.39 is 0 Å². The zero-order valence-electron chi connectivity index (χ0n) is 17.0. The summed E-state index contributed by atoms with van der Waals surface area (Å²) >= 11 is 0. The van der Waals surface area contributed by atoms with E-state index in [9.17, 15) is 4.79 Å². The Kier molecular flexibility index (Phi) is 4.82. The average molecular weight is 403 g/mol. The lowest BCUT2D eigenvalue weighted by Crippen LogP contribution is -2.28. The maximum absolute atomic E-state index is 11.7. The Labute approximate surface area is 175 Å². The van der Waals surface area contributed by atoms with Gasteiger partial charge in [0.1, 0.15) is 0 Å². The van der Waals surface area contributed by atoms with Gasteiger partial charge in [-0.05, 0) is 49.4 Å². The zero-order valence-corrected chi connectivity index (χ0v) is 17.0. The van der Waals surface area contributed by atoms with E-state index in [1.54, 1.807) is 11.1 Å². The second-order valence-corrected chi connectivity index (χ2v) is 7.96. The van der Waals surface area contributed by atoms with E-state index in [1.165, 1.54) is 18.4 Å². The minimum absolute atomic E-state index is 0.0489. The fraction of sp³-hybridized carbons (Fsp3) is 0.364. The number of hydrogen-bond acceptors (Lipinski definition) is 5. The molecule has 30 heavy (non-hydrogen) atoms. The molecule has 0 radical (unpaired) electrons. The van der Waals surface area contributed by atoms with Crippen LogP contribution in [0.1, 0.15) is 48.7 Å². The summed E-state index contributed by atoms with van der Waals surface area (Å²) in [7, 11) is 0. The van der Waals surface area contributed by atoms with Crippen molar-refractivity contribution in [3.63, 3.8) is 0 Å². The number of hydrogen-bond donors (Lipinski definition) is 2. The highest BCUT2D eigenvalue weighted by atomic mass is 16.2. The van der Waals surface area contributed by atoms with Crippen LogP contribution in [0.2, 0.25) is 0 Å². The van der Waals surface area contributed by atoms with Crippen molar-refractivity contribution in [1.29, 1.82) is 0 Å². The zero-order chi connectivity index (χ0) is 20.5. The van der Waals surface area contributed by atoms with E-state index in [1.807, 2.05) is 30.1 Å². The van der Waals surface area contributed by atoms with Gasteiger partial charge in [-0.1, -0.05) is 12.1 Å². The molecule has 1 aromatic carbocycles. The molecule has 2 N–H and O–H groups in total. The third kappa shape index (κ3) is 3.98. The number of urea groups is 1. The summed E-state index contributed by atoms with van der Waals surface area (Å²) < 4.78 is 2.04. The Morgan fingerprint density at radius 1 is 1.20 bits per heavy atom. The van der Waals surface area contributed by atoms with Gasteiger partial charge in [0.05, 0.1) is 30.3 Å². The van der Waals surface area contributed by atoms with Gasteiger partial charge >= 0.3 is 6.03 Å². The monoisotopic (exact) mass is 403 g/mol. The van der Waals surface area contributed by atoms with Gasteiger partial charge in [0.25, 0.3) is 0 Å². The topological polar surface area (TPSA) is 88.0 Å². The molecule has 3 heterocycles. The highest BCUT2D eigenvalue weighted by molar-refractivity contribution is 5.76. The molecular weight excluding hydrogens is 378 g/mol. The van der Waals surface area contributed by atoms with E-state index in [2.05, 4.69) is 49.9 Å². The minimum atomic E-state index is -0.0534. The Balaban J connectivity index is 1.25. The van der Waals surface area contributed by atoms with Crippen LogP contribution in [0.3, 0.4) is 0 Å². The Hall–Kier alpha value is -3.42. The summed E-state index contributed by atoms with van der Waals surface area (Å²) in [6, 6.07) is 10.5. The third-order valence-corrected chi connectivity index (χ3v) is 5.64. The number of benzene rings is 1. The fourth-order valence-corrected chi connectivity index (χ4v) is 3.72. The third-order valence-electron chi connectivity index (χ3n) is 5.64. The lowest BCUT2D eigenvalue weighted by Gasteiger charge is -2.15. The van der Waals surface area contributed by atoms with Gasteiger partial charge in [-0.2, -0.15) is 0 Å². The van der Waals surface area contributed by atoms with Gasteiger partial charge in [0.2, 0.25) is 5.95 Å². The molecule has 5 rings (SSSR count). The van der Waals surface area contributed by atoms with Crippen LogP contribution in [-0.4, -0.2) is 43.5 Å². The molecule has 2 fully saturated rings. The Morgan fingerprint density at radius 2 is 2.03 bits per heavy atom. The smallest absolute Gasteiger partial charge is 0.317 e. The molecular formula is C22H25N7O. The first-order valence-corrected chi connectivity index (χ1v) is 10.4.